The summed E-state index contributed by atoms with van der Waals surface area (Å²) in [4.78, 5) is 16.1. The average molecular weight is 323 g/mol. The number of carboxylic acid groups (broad SMARTS) is 1. The van der Waals surface area contributed by atoms with Crippen molar-refractivity contribution >= 4 is 39.9 Å². The first kappa shape index (κ1) is 13.8. The van der Waals surface area contributed by atoms with Crippen LogP contribution in [0.2, 0.25) is 5.02 Å². The Kier molecular flexibility index (Phi) is 3.30. The molecule has 0 bridgehead atoms. The summed E-state index contributed by atoms with van der Waals surface area (Å²) in [6.45, 7) is 3.66. The predicted molar refractivity (Wildman–Crippen MR) is 81.3 cm³/mol. The molecule has 1 N–H and O–H groups in total. The van der Waals surface area contributed by atoms with Crippen molar-refractivity contribution < 1.29 is 9.90 Å². The van der Waals surface area contributed by atoms with Crippen molar-refractivity contribution in [3.05, 3.63) is 39.8 Å². The summed E-state index contributed by atoms with van der Waals surface area (Å²) >= 11 is 7.64. The number of carboxylic acids is 1. The van der Waals surface area contributed by atoms with Gasteiger partial charge in [-0.25, -0.2) is 9.48 Å². The highest BCUT2D eigenvalue weighted by Gasteiger charge is 2.18. The lowest BCUT2D eigenvalue weighted by molar-refractivity contribution is -0.131. The zero-order valence-corrected chi connectivity index (χ0v) is 12.8. The van der Waals surface area contributed by atoms with Crippen LogP contribution in [-0.2, 0) is 4.79 Å². The second-order valence-electron chi connectivity index (χ2n) is 4.44. The molecule has 0 aliphatic rings. The van der Waals surface area contributed by atoms with E-state index in [1.54, 1.807) is 4.68 Å². The molecule has 0 saturated heterocycles. The van der Waals surface area contributed by atoms with Gasteiger partial charge in [0.15, 0.2) is 10.8 Å². The molecule has 0 saturated carbocycles. The number of aliphatic carboxylic acids is 1. The van der Waals surface area contributed by atoms with Gasteiger partial charge < -0.3 is 5.11 Å². The summed E-state index contributed by atoms with van der Waals surface area (Å²) in [5.41, 5.74) is 2.12. The number of nitrogens with zero attached hydrogens (tertiary/aromatic N) is 4. The molecule has 0 spiro atoms. The molecule has 0 aromatic carbocycles. The number of halogens is 1. The quantitative estimate of drug-likeness (QED) is 0.752. The molecule has 0 unspecified atom stereocenters. The Balaban J connectivity index is 2.26. The molecule has 0 radical (unpaired) electrons. The molecule has 3 rings (SSSR count). The van der Waals surface area contributed by atoms with Gasteiger partial charge in [0.25, 0.3) is 0 Å². The van der Waals surface area contributed by atoms with Crippen LogP contribution < -0.4 is 0 Å². The van der Waals surface area contributed by atoms with Crippen molar-refractivity contribution in [1.29, 1.82) is 0 Å². The summed E-state index contributed by atoms with van der Waals surface area (Å²) in [7, 11) is 0. The van der Waals surface area contributed by atoms with E-state index < -0.39 is 5.97 Å². The molecule has 0 aliphatic heterocycles. The lowest BCUT2D eigenvalue weighted by Gasteiger charge is -2.02. The minimum atomic E-state index is -1.02. The summed E-state index contributed by atoms with van der Waals surface area (Å²) in [5, 5.41) is 15.7. The fraction of sp³-hybridized carbons (Fsp3) is 0.154. The van der Waals surface area contributed by atoms with Crippen LogP contribution in [0.4, 0.5) is 0 Å². The Hall–Kier alpha value is -2.12. The number of aromatic nitrogens is 4. The normalized spacial score (nSPS) is 11.8. The minimum absolute atomic E-state index is 0.562. The molecular weight excluding hydrogens is 312 g/mol. The van der Waals surface area contributed by atoms with Crippen molar-refractivity contribution in [2.24, 2.45) is 0 Å². The number of rotatable bonds is 3. The molecule has 21 heavy (non-hydrogen) atoms. The maximum atomic E-state index is 10.8. The monoisotopic (exact) mass is 322 g/mol. The zero-order chi connectivity index (χ0) is 15.1. The van der Waals surface area contributed by atoms with Gasteiger partial charge >= 0.3 is 5.97 Å². The fourth-order valence-corrected chi connectivity index (χ4v) is 2.92. The Morgan fingerprint density at radius 2 is 2.24 bits per heavy atom. The van der Waals surface area contributed by atoms with E-state index in [0.717, 1.165) is 16.7 Å². The third-order valence-electron chi connectivity index (χ3n) is 3.07. The fourth-order valence-electron chi connectivity index (χ4n) is 2.08. The van der Waals surface area contributed by atoms with E-state index in [9.17, 15) is 4.79 Å². The van der Waals surface area contributed by atoms with Gasteiger partial charge in [-0.2, -0.15) is 10.1 Å². The van der Waals surface area contributed by atoms with Crippen LogP contribution in [0.15, 0.2) is 17.7 Å². The third-order valence-corrected chi connectivity index (χ3v) is 4.37. The number of aryl methyl sites for hydroxylation is 1. The first-order chi connectivity index (χ1) is 9.99. The molecule has 108 valence electrons. The van der Waals surface area contributed by atoms with Crippen molar-refractivity contribution in [3.63, 3.8) is 0 Å². The van der Waals surface area contributed by atoms with Crippen molar-refractivity contribution in [3.8, 4) is 5.82 Å². The van der Waals surface area contributed by atoms with E-state index in [1.165, 1.54) is 17.4 Å². The van der Waals surface area contributed by atoms with Crippen LogP contribution in [0.25, 0.3) is 16.9 Å². The van der Waals surface area contributed by atoms with Crippen LogP contribution in [0.1, 0.15) is 17.1 Å². The maximum Gasteiger partial charge on any atom is 0.328 e. The van der Waals surface area contributed by atoms with Gasteiger partial charge in [-0.05, 0) is 19.9 Å². The smallest absolute Gasteiger partial charge is 0.328 e. The number of fused-ring (bicyclic) bond motifs is 1. The SMILES string of the molecule is Cc1nn(-c2nc3sccn3c2C=CC(=O)O)c(C)c1Cl. The average Bonchev–Trinajstić information content (AvgIpc) is 3.06. The molecular formula is C13H11ClN4O2S. The molecule has 0 fully saturated rings. The number of carbonyl (C=O) groups is 1. The highest BCUT2D eigenvalue weighted by Crippen LogP contribution is 2.26. The highest BCUT2D eigenvalue weighted by atomic mass is 35.5. The second kappa shape index (κ2) is 5.01. The topological polar surface area (TPSA) is 72.4 Å². The predicted octanol–water partition coefficient (Wildman–Crippen LogP) is 2.95. The summed E-state index contributed by atoms with van der Waals surface area (Å²) in [5.74, 6) is -0.454. The van der Waals surface area contributed by atoms with E-state index in [-0.39, 0.29) is 0 Å². The van der Waals surface area contributed by atoms with Crippen LogP contribution in [0, 0.1) is 13.8 Å². The molecule has 0 atom stereocenters. The van der Waals surface area contributed by atoms with Gasteiger partial charge in [-0.3, -0.25) is 4.40 Å². The van der Waals surface area contributed by atoms with Gasteiger partial charge in [0.2, 0.25) is 0 Å². The Labute approximate surface area is 128 Å². The molecule has 0 aliphatic carbocycles. The van der Waals surface area contributed by atoms with Gasteiger partial charge in [0.05, 0.1) is 22.1 Å². The van der Waals surface area contributed by atoms with Crippen LogP contribution >= 0.6 is 22.9 Å². The number of hydrogen-bond donors (Lipinski definition) is 1. The third kappa shape index (κ3) is 2.24. The van der Waals surface area contributed by atoms with E-state index in [0.29, 0.717) is 22.2 Å². The molecule has 8 heteroatoms. The van der Waals surface area contributed by atoms with Gasteiger partial charge in [0, 0.05) is 17.7 Å². The number of hydrogen-bond acceptors (Lipinski definition) is 4. The molecule has 3 heterocycles. The zero-order valence-electron chi connectivity index (χ0n) is 11.2. The Bertz CT molecular complexity index is 874. The molecule has 3 aromatic rings. The molecule has 6 nitrogen and oxygen atoms in total. The van der Waals surface area contributed by atoms with Crippen molar-refractivity contribution in [1.82, 2.24) is 19.2 Å². The van der Waals surface area contributed by atoms with E-state index in [1.807, 2.05) is 29.8 Å². The van der Waals surface area contributed by atoms with Crippen LogP contribution in [0.5, 0.6) is 0 Å². The first-order valence-corrected chi connectivity index (χ1v) is 7.33. The number of imidazole rings is 1. The largest absolute Gasteiger partial charge is 0.478 e. The van der Waals surface area contributed by atoms with E-state index >= 15 is 0 Å². The Morgan fingerprint density at radius 1 is 1.48 bits per heavy atom. The minimum Gasteiger partial charge on any atom is -0.478 e. The molecule has 3 aromatic heterocycles. The van der Waals surface area contributed by atoms with Crippen LogP contribution in [-0.4, -0.2) is 30.2 Å². The van der Waals surface area contributed by atoms with Gasteiger partial charge in [0.1, 0.15) is 0 Å². The lowest BCUT2D eigenvalue weighted by atomic mass is 10.3. The maximum absolute atomic E-state index is 10.8. The highest BCUT2D eigenvalue weighted by molar-refractivity contribution is 7.15. The second-order valence-corrected chi connectivity index (χ2v) is 5.70. The standard InChI is InChI=1S/C13H11ClN4O2S/c1-7-11(14)8(2)18(16-7)12-9(3-4-10(19)20)17-5-6-21-13(17)15-12/h3-6H,1-2H3,(H,19,20). The van der Waals surface area contributed by atoms with Gasteiger partial charge in [-0.15, -0.1) is 11.3 Å². The summed E-state index contributed by atoms with van der Waals surface area (Å²) in [6.07, 6.45) is 4.43. The first-order valence-electron chi connectivity index (χ1n) is 6.07. The number of thiazole rings is 1. The van der Waals surface area contributed by atoms with Crippen LogP contribution in [0.3, 0.4) is 0 Å². The van der Waals surface area contributed by atoms with Gasteiger partial charge in [-0.1, -0.05) is 11.6 Å². The summed E-state index contributed by atoms with van der Waals surface area (Å²) in [6, 6.07) is 0. The van der Waals surface area contributed by atoms with Crippen molar-refractivity contribution in [2.45, 2.75) is 13.8 Å². The lowest BCUT2D eigenvalue weighted by Crippen LogP contribution is -2.02. The Morgan fingerprint density at radius 3 is 2.86 bits per heavy atom. The van der Waals surface area contributed by atoms with E-state index in [4.69, 9.17) is 16.7 Å². The summed E-state index contributed by atoms with van der Waals surface area (Å²) < 4.78 is 3.46. The van der Waals surface area contributed by atoms with E-state index in [2.05, 4.69) is 10.1 Å². The van der Waals surface area contributed by atoms with Crippen molar-refractivity contribution in [2.75, 3.05) is 0 Å². The molecule has 0 amide bonds.